The van der Waals surface area contributed by atoms with Crippen LogP contribution < -0.4 is 10.6 Å². The molecular formula is C10H18N4O. The molecule has 0 saturated heterocycles. The number of aromatic nitrogens is 2. The maximum Gasteiger partial charge on any atom is 0.271 e. The van der Waals surface area contributed by atoms with Crippen molar-refractivity contribution in [2.45, 2.75) is 32.7 Å². The summed E-state index contributed by atoms with van der Waals surface area (Å²) in [5.74, 6) is -0.152. The first-order valence-electron chi connectivity index (χ1n) is 5.24. The summed E-state index contributed by atoms with van der Waals surface area (Å²) in [6.07, 6.45) is 3.69. The summed E-state index contributed by atoms with van der Waals surface area (Å²) < 4.78 is 0. The molecule has 0 aliphatic rings. The number of H-pyrrole nitrogens is 1. The van der Waals surface area contributed by atoms with Crippen LogP contribution in [0.25, 0.3) is 0 Å². The van der Waals surface area contributed by atoms with Gasteiger partial charge in [-0.25, -0.2) is 0 Å². The molecule has 0 radical (unpaired) electrons. The Morgan fingerprint density at radius 1 is 1.53 bits per heavy atom. The molecule has 1 heterocycles. The Bertz CT molecular complexity index is 317. The van der Waals surface area contributed by atoms with Crippen LogP contribution in [0, 0.1) is 0 Å². The molecule has 5 nitrogen and oxygen atoms in total. The number of rotatable bonds is 5. The molecule has 0 bridgehead atoms. The summed E-state index contributed by atoms with van der Waals surface area (Å²) in [4.78, 5) is 11.4. The van der Waals surface area contributed by atoms with Crippen molar-refractivity contribution < 1.29 is 4.79 Å². The van der Waals surface area contributed by atoms with Crippen LogP contribution in [0.4, 0.5) is 5.69 Å². The average molecular weight is 210 g/mol. The van der Waals surface area contributed by atoms with Gasteiger partial charge in [-0.1, -0.05) is 13.8 Å². The van der Waals surface area contributed by atoms with E-state index in [-0.39, 0.29) is 5.91 Å². The normalized spacial score (nSPS) is 10.4. The summed E-state index contributed by atoms with van der Waals surface area (Å²) in [7, 11) is 1.60. The van der Waals surface area contributed by atoms with Gasteiger partial charge < -0.3 is 10.6 Å². The van der Waals surface area contributed by atoms with E-state index in [1.807, 2.05) is 0 Å². The van der Waals surface area contributed by atoms with E-state index >= 15 is 0 Å². The molecule has 0 fully saturated rings. The van der Waals surface area contributed by atoms with E-state index in [2.05, 4.69) is 34.7 Å². The average Bonchev–Trinajstić information content (AvgIpc) is 2.72. The van der Waals surface area contributed by atoms with Gasteiger partial charge >= 0.3 is 0 Å². The third-order valence-electron chi connectivity index (χ3n) is 2.44. The van der Waals surface area contributed by atoms with Crippen LogP contribution in [-0.2, 0) is 0 Å². The van der Waals surface area contributed by atoms with Gasteiger partial charge in [-0.2, -0.15) is 5.10 Å². The van der Waals surface area contributed by atoms with Crippen molar-refractivity contribution in [2.24, 2.45) is 0 Å². The second-order valence-corrected chi connectivity index (χ2v) is 3.40. The number of carbonyl (C=O) groups is 1. The summed E-state index contributed by atoms with van der Waals surface area (Å²) in [6, 6.07) is 0.381. The molecule has 1 aromatic heterocycles. The van der Waals surface area contributed by atoms with Crippen molar-refractivity contribution >= 4 is 11.6 Å². The lowest BCUT2D eigenvalue weighted by atomic mass is 10.1. The van der Waals surface area contributed by atoms with Gasteiger partial charge in [0, 0.05) is 13.1 Å². The fourth-order valence-corrected chi connectivity index (χ4v) is 1.41. The SMILES string of the molecule is CCC(CC)Nc1cn[nH]c1C(=O)NC. The molecule has 0 spiro atoms. The van der Waals surface area contributed by atoms with Gasteiger partial charge in [0.25, 0.3) is 5.91 Å². The van der Waals surface area contributed by atoms with Crippen molar-refractivity contribution in [1.82, 2.24) is 15.5 Å². The molecule has 15 heavy (non-hydrogen) atoms. The predicted molar refractivity (Wildman–Crippen MR) is 60.0 cm³/mol. The fourth-order valence-electron chi connectivity index (χ4n) is 1.41. The zero-order valence-electron chi connectivity index (χ0n) is 9.42. The van der Waals surface area contributed by atoms with Crippen LogP contribution in [0.5, 0.6) is 0 Å². The number of hydrogen-bond acceptors (Lipinski definition) is 3. The molecule has 84 valence electrons. The highest BCUT2D eigenvalue weighted by molar-refractivity contribution is 5.97. The number of hydrogen-bond donors (Lipinski definition) is 3. The molecule has 3 N–H and O–H groups in total. The second-order valence-electron chi connectivity index (χ2n) is 3.40. The van der Waals surface area contributed by atoms with Gasteiger partial charge in [0.1, 0.15) is 5.69 Å². The molecule has 0 saturated carbocycles. The molecule has 1 aromatic rings. The van der Waals surface area contributed by atoms with E-state index in [4.69, 9.17) is 0 Å². The van der Waals surface area contributed by atoms with E-state index in [9.17, 15) is 4.79 Å². The second kappa shape index (κ2) is 5.38. The quantitative estimate of drug-likeness (QED) is 0.687. The monoisotopic (exact) mass is 210 g/mol. The van der Waals surface area contributed by atoms with Crippen LogP contribution in [0.2, 0.25) is 0 Å². The molecular weight excluding hydrogens is 192 g/mol. The number of nitrogens with zero attached hydrogens (tertiary/aromatic N) is 1. The third kappa shape index (κ3) is 2.71. The van der Waals surface area contributed by atoms with Crippen molar-refractivity contribution in [3.05, 3.63) is 11.9 Å². The van der Waals surface area contributed by atoms with E-state index < -0.39 is 0 Å². The van der Waals surface area contributed by atoms with Crippen molar-refractivity contribution in [3.63, 3.8) is 0 Å². The molecule has 0 atom stereocenters. The van der Waals surface area contributed by atoms with E-state index in [1.54, 1.807) is 13.2 Å². The summed E-state index contributed by atoms with van der Waals surface area (Å²) in [5.41, 5.74) is 1.26. The molecule has 5 heteroatoms. The maximum absolute atomic E-state index is 11.4. The maximum atomic E-state index is 11.4. The Kier molecular flexibility index (Phi) is 4.15. The molecule has 0 unspecified atom stereocenters. The van der Waals surface area contributed by atoms with Crippen LogP contribution in [0.1, 0.15) is 37.2 Å². The Morgan fingerprint density at radius 3 is 2.73 bits per heavy atom. The smallest absolute Gasteiger partial charge is 0.271 e. The van der Waals surface area contributed by atoms with Gasteiger partial charge in [-0.05, 0) is 12.8 Å². The number of aromatic amines is 1. The Hall–Kier alpha value is -1.52. The van der Waals surface area contributed by atoms with E-state index in [1.165, 1.54) is 0 Å². The lowest BCUT2D eigenvalue weighted by molar-refractivity contribution is 0.0959. The first kappa shape index (κ1) is 11.6. The molecule has 0 aliphatic carbocycles. The minimum Gasteiger partial charge on any atom is -0.379 e. The molecule has 1 rings (SSSR count). The first-order valence-corrected chi connectivity index (χ1v) is 5.24. The lowest BCUT2D eigenvalue weighted by Crippen LogP contribution is -2.23. The van der Waals surface area contributed by atoms with Crippen molar-refractivity contribution in [1.29, 1.82) is 0 Å². The highest BCUT2D eigenvalue weighted by atomic mass is 16.1. The molecule has 0 aromatic carbocycles. The first-order chi connectivity index (χ1) is 7.22. The number of carbonyl (C=O) groups excluding carboxylic acids is 1. The van der Waals surface area contributed by atoms with E-state index in [0.717, 1.165) is 18.5 Å². The minimum atomic E-state index is -0.152. The number of anilines is 1. The van der Waals surface area contributed by atoms with Gasteiger partial charge in [-0.3, -0.25) is 9.89 Å². The largest absolute Gasteiger partial charge is 0.379 e. The van der Waals surface area contributed by atoms with Crippen LogP contribution in [0.15, 0.2) is 6.20 Å². The van der Waals surface area contributed by atoms with Gasteiger partial charge in [0.2, 0.25) is 0 Å². The van der Waals surface area contributed by atoms with Gasteiger partial charge in [-0.15, -0.1) is 0 Å². The minimum absolute atomic E-state index is 0.152. The fraction of sp³-hybridized carbons (Fsp3) is 0.600. The van der Waals surface area contributed by atoms with Crippen LogP contribution in [0.3, 0.4) is 0 Å². The lowest BCUT2D eigenvalue weighted by Gasteiger charge is -2.15. The highest BCUT2D eigenvalue weighted by Gasteiger charge is 2.14. The molecule has 1 amide bonds. The Balaban J connectivity index is 2.76. The van der Waals surface area contributed by atoms with Gasteiger partial charge in [0.15, 0.2) is 0 Å². The Morgan fingerprint density at radius 2 is 2.20 bits per heavy atom. The number of nitrogens with one attached hydrogen (secondary N) is 3. The standard InChI is InChI=1S/C10H18N4O/c1-4-7(5-2)13-8-6-12-14-9(8)10(15)11-3/h6-7,13H,4-5H2,1-3H3,(H,11,15)(H,12,14). The zero-order valence-corrected chi connectivity index (χ0v) is 9.42. The van der Waals surface area contributed by atoms with Crippen molar-refractivity contribution in [3.8, 4) is 0 Å². The third-order valence-corrected chi connectivity index (χ3v) is 2.44. The zero-order chi connectivity index (χ0) is 11.3. The van der Waals surface area contributed by atoms with E-state index in [0.29, 0.717) is 11.7 Å². The van der Waals surface area contributed by atoms with Crippen LogP contribution >= 0.6 is 0 Å². The highest BCUT2D eigenvalue weighted by Crippen LogP contribution is 2.14. The molecule has 0 aliphatic heterocycles. The topological polar surface area (TPSA) is 69.8 Å². The Labute approximate surface area is 89.6 Å². The number of amides is 1. The van der Waals surface area contributed by atoms with Crippen molar-refractivity contribution in [2.75, 3.05) is 12.4 Å². The van der Waals surface area contributed by atoms with Crippen LogP contribution in [-0.4, -0.2) is 29.2 Å². The van der Waals surface area contributed by atoms with Gasteiger partial charge in [0.05, 0.1) is 11.9 Å². The predicted octanol–water partition coefficient (Wildman–Crippen LogP) is 1.37. The summed E-state index contributed by atoms with van der Waals surface area (Å²) in [5, 5.41) is 12.4. The summed E-state index contributed by atoms with van der Waals surface area (Å²) in [6.45, 7) is 4.22. The summed E-state index contributed by atoms with van der Waals surface area (Å²) >= 11 is 0.